The van der Waals surface area contributed by atoms with Crippen LogP contribution in [0.1, 0.15) is 48.9 Å². The van der Waals surface area contributed by atoms with Crippen molar-refractivity contribution in [2.75, 3.05) is 6.61 Å². The largest absolute Gasteiger partial charge is 0.455 e. The maximum absolute atomic E-state index is 12.8. The van der Waals surface area contributed by atoms with E-state index in [1.807, 2.05) is 0 Å². The fourth-order valence-corrected chi connectivity index (χ4v) is 6.19. The van der Waals surface area contributed by atoms with Crippen LogP contribution >= 0.6 is 11.6 Å². The van der Waals surface area contributed by atoms with Crippen molar-refractivity contribution in [2.45, 2.75) is 43.4 Å². The highest BCUT2D eigenvalue weighted by atomic mass is 35.5. The Bertz CT molecular complexity index is 753. The zero-order valence-electron chi connectivity index (χ0n) is 15.0. The average molecular weight is 391 g/mol. The Morgan fingerprint density at radius 3 is 2.33 bits per heavy atom. The van der Waals surface area contributed by atoms with E-state index in [1.54, 1.807) is 30.3 Å². The second kappa shape index (κ2) is 6.82. The molecule has 2 N–H and O–H groups in total. The Kier molecular flexibility index (Phi) is 4.62. The van der Waals surface area contributed by atoms with Crippen LogP contribution in [0, 0.1) is 17.3 Å². The first kappa shape index (κ1) is 18.3. The van der Waals surface area contributed by atoms with Crippen LogP contribution in [-0.4, -0.2) is 29.3 Å². The molecule has 0 aromatic heterocycles. The minimum absolute atomic E-state index is 0.283. The standard InChI is InChI=1S/C20H23ClN2O4/c21-20-9-13-6-14(10-20)8-19(7-13,12-20)18(26)27-11-16(24)22-23-17(25)15-4-2-1-3-5-15/h1-5,13-14H,6-12H2,(H,22,24)(H,23,25)/t13-,14+,19?,20?. The molecule has 0 saturated heterocycles. The van der Waals surface area contributed by atoms with Gasteiger partial charge in [0.1, 0.15) is 0 Å². The summed E-state index contributed by atoms with van der Waals surface area (Å²) in [5.41, 5.74) is 4.47. The molecule has 144 valence electrons. The van der Waals surface area contributed by atoms with Crippen LogP contribution in [0.3, 0.4) is 0 Å². The van der Waals surface area contributed by atoms with Crippen molar-refractivity contribution in [3.8, 4) is 0 Å². The van der Waals surface area contributed by atoms with Crippen molar-refractivity contribution in [3.05, 3.63) is 35.9 Å². The lowest BCUT2D eigenvalue weighted by atomic mass is 9.49. The number of carbonyl (C=O) groups is 3. The number of halogens is 1. The first-order chi connectivity index (χ1) is 12.9. The van der Waals surface area contributed by atoms with E-state index in [0.29, 0.717) is 23.8 Å². The van der Waals surface area contributed by atoms with E-state index in [4.69, 9.17) is 16.3 Å². The van der Waals surface area contributed by atoms with Crippen LogP contribution in [0.25, 0.3) is 0 Å². The van der Waals surface area contributed by atoms with Gasteiger partial charge < -0.3 is 4.74 Å². The van der Waals surface area contributed by atoms with Crippen molar-refractivity contribution in [1.29, 1.82) is 0 Å². The molecule has 0 aliphatic heterocycles. The van der Waals surface area contributed by atoms with E-state index >= 15 is 0 Å². The van der Waals surface area contributed by atoms with Crippen molar-refractivity contribution in [3.63, 3.8) is 0 Å². The molecular formula is C20H23ClN2O4. The molecule has 0 spiro atoms. The predicted octanol–water partition coefficient (Wildman–Crippen LogP) is 2.57. The molecule has 4 bridgehead atoms. The smallest absolute Gasteiger partial charge is 0.312 e. The Hall–Kier alpha value is -2.08. The third-order valence-electron chi connectivity index (χ3n) is 6.11. The molecule has 1 aromatic rings. The lowest BCUT2D eigenvalue weighted by Crippen LogP contribution is -2.56. The molecule has 6 nitrogen and oxygen atoms in total. The van der Waals surface area contributed by atoms with Crippen molar-refractivity contribution >= 4 is 29.4 Å². The van der Waals surface area contributed by atoms with Crippen LogP contribution in [0.5, 0.6) is 0 Å². The number of alkyl halides is 1. The number of benzene rings is 1. The number of carbonyl (C=O) groups excluding carboxylic acids is 3. The molecule has 4 aliphatic carbocycles. The van der Waals surface area contributed by atoms with Gasteiger partial charge in [0.2, 0.25) is 0 Å². The van der Waals surface area contributed by atoms with Gasteiger partial charge in [-0.1, -0.05) is 18.2 Å². The minimum atomic E-state index is -0.571. The first-order valence-corrected chi connectivity index (χ1v) is 9.76. The van der Waals surface area contributed by atoms with Gasteiger partial charge >= 0.3 is 5.97 Å². The van der Waals surface area contributed by atoms with Crippen LogP contribution in [0.2, 0.25) is 0 Å². The maximum atomic E-state index is 12.8. The number of esters is 1. The molecule has 4 aliphatic rings. The molecule has 2 unspecified atom stereocenters. The Morgan fingerprint density at radius 1 is 1.04 bits per heavy atom. The van der Waals surface area contributed by atoms with Gasteiger partial charge in [0, 0.05) is 10.4 Å². The van der Waals surface area contributed by atoms with Gasteiger partial charge in [0.15, 0.2) is 6.61 Å². The minimum Gasteiger partial charge on any atom is -0.455 e. The van der Waals surface area contributed by atoms with Crippen molar-refractivity contribution in [2.24, 2.45) is 17.3 Å². The molecule has 27 heavy (non-hydrogen) atoms. The van der Waals surface area contributed by atoms with Gasteiger partial charge in [0.25, 0.3) is 11.8 Å². The first-order valence-electron chi connectivity index (χ1n) is 9.38. The van der Waals surface area contributed by atoms with Gasteiger partial charge in [-0.15, -0.1) is 11.6 Å². The maximum Gasteiger partial charge on any atom is 0.312 e. The van der Waals surface area contributed by atoms with Crippen LogP contribution < -0.4 is 10.9 Å². The van der Waals surface area contributed by atoms with Gasteiger partial charge in [-0.05, 0) is 62.5 Å². The summed E-state index contributed by atoms with van der Waals surface area (Å²) in [5.74, 6) is -0.366. The topological polar surface area (TPSA) is 84.5 Å². The van der Waals surface area contributed by atoms with Gasteiger partial charge in [-0.3, -0.25) is 25.2 Å². The van der Waals surface area contributed by atoms with E-state index in [-0.39, 0.29) is 10.8 Å². The monoisotopic (exact) mass is 390 g/mol. The summed E-state index contributed by atoms with van der Waals surface area (Å²) < 4.78 is 5.31. The third-order valence-corrected chi connectivity index (χ3v) is 6.55. The zero-order chi connectivity index (χ0) is 19.1. The molecule has 2 amide bonds. The van der Waals surface area contributed by atoms with Gasteiger partial charge in [-0.2, -0.15) is 0 Å². The second-order valence-corrected chi connectivity index (χ2v) is 9.14. The lowest BCUT2D eigenvalue weighted by Gasteiger charge is -2.58. The quantitative estimate of drug-likeness (QED) is 0.470. The molecule has 4 atom stereocenters. The predicted molar refractivity (Wildman–Crippen MR) is 98.7 cm³/mol. The van der Waals surface area contributed by atoms with E-state index in [1.165, 1.54) is 0 Å². The number of hydrogen-bond donors (Lipinski definition) is 2. The highest BCUT2D eigenvalue weighted by Gasteiger charge is 2.60. The van der Waals surface area contributed by atoms with E-state index in [0.717, 1.165) is 32.1 Å². The summed E-state index contributed by atoms with van der Waals surface area (Å²) in [5, 5.41) is 0. The Morgan fingerprint density at radius 2 is 1.70 bits per heavy atom. The summed E-state index contributed by atoms with van der Waals surface area (Å²) in [6, 6.07) is 8.53. The summed E-state index contributed by atoms with van der Waals surface area (Å²) in [6.45, 7) is -0.416. The normalized spacial score (nSPS) is 33.4. The van der Waals surface area contributed by atoms with E-state index in [9.17, 15) is 14.4 Å². The highest BCUT2D eigenvalue weighted by molar-refractivity contribution is 6.24. The molecule has 1 aromatic carbocycles. The number of rotatable bonds is 4. The van der Waals surface area contributed by atoms with Crippen molar-refractivity contribution in [1.82, 2.24) is 10.9 Å². The molecular weight excluding hydrogens is 368 g/mol. The molecule has 4 fully saturated rings. The van der Waals surface area contributed by atoms with Crippen LogP contribution in [0.4, 0.5) is 0 Å². The van der Waals surface area contributed by atoms with E-state index < -0.39 is 23.8 Å². The average Bonchev–Trinajstić information content (AvgIpc) is 2.62. The second-order valence-electron chi connectivity index (χ2n) is 8.34. The van der Waals surface area contributed by atoms with Gasteiger partial charge in [0.05, 0.1) is 5.41 Å². The summed E-state index contributed by atoms with van der Waals surface area (Å²) in [7, 11) is 0. The SMILES string of the molecule is O=C(COC(=O)C12C[C@@H]3C[C@@H](CC(Cl)(C3)C1)C2)NNC(=O)c1ccccc1. The number of amides is 2. The fourth-order valence-electron chi connectivity index (χ4n) is 5.50. The number of ether oxygens (including phenoxy) is 1. The summed E-state index contributed by atoms with van der Waals surface area (Å²) >= 11 is 6.74. The number of nitrogens with one attached hydrogen (secondary N) is 2. The fraction of sp³-hybridized carbons (Fsp3) is 0.550. The number of hydrazine groups is 1. The summed E-state index contributed by atoms with van der Waals surface area (Å²) in [4.78, 5) is 36.3. The molecule has 5 rings (SSSR count). The third kappa shape index (κ3) is 3.68. The van der Waals surface area contributed by atoms with Gasteiger partial charge in [-0.25, -0.2) is 0 Å². The molecule has 0 heterocycles. The van der Waals surface area contributed by atoms with Crippen LogP contribution in [-0.2, 0) is 14.3 Å². The Labute approximate surface area is 162 Å². The van der Waals surface area contributed by atoms with Crippen LogP contribution in [0.15, 0.2) is 30.3 Å². The molecule has 4 saturated carbocycles. The van der Waals surface area contributed by atoms with Crippen molar-refractivity contribution < 1.29 is 19.1 Å². The Balaban J connectivity index is 1.28. The lowest BCUT2D eigenvalue weighted by molar-refractivity contribution is -0.171. The summed E-state index contributed by atoms with van der Waals surface area (Å²) in [6.07, 6.45) is 5.36. The molecule has 7 heteroatoms. The van der Waals surface area contributed by atoms with E-state index in [2.05, 4.69) is 10.9 Å². The molecule has 0 radical (unpaired) electrons. The number of hydrogen-bond acceptors (Lipinski definition) is 4. The highest BCUT2D eigenvalue weighted by Crippen LogP contribution is 2.64. The zero-order valence-corrected chi connectivity index (χ0v) is 15.8.